The van der Waals surface area contributed by atoms with Crippen LogP contribution in [0, 0.1) is 0 Å². The maximum atomic E-state index is 12.2. The smallest absolute Gasteiger partial charge is 0.319 e. The molecule has 0 spiro atoms. The SMILES string of the molecule is CCC[C@@H](Sc1nnc(NC(=O)c2cccc(Br)c2)s1)C(=O)OCC. The van der Waals surface area contributed by atoms with Crippen LogP contribution in [0.15, 0.2) is 33.1 Å². The number of nitrogens with zero attached hydrogens (tertiary/aromatic N) is 2. The number of hydrogen-bond acceptors (Lipinski definition) is 7. The molecule has 1 atom stereocenters. The Kier molecular flexibility index (Phi) is 7.86. The van der Waals surface area contributed by atoms with Gasteiger partial charge in [-0.1, -0.05) is 58.4 Å². The van der Waals surface area contributed by atoms with Gasteiger partial charge in [0.05, 0.1) is 6.61 Å². The number of nitrogens with one attached hydrogen (secondary N) is 1. The highest BCUT2D eigenvalue weighted by atomic mass is 79.9. The predicted octanol–water partition coefficient (Wildman–Crippen LogP) is 4.38. The zero-order valence-corrected chi connectivity index (χ0v) is 17.0. The second-order valence-electron chi connectivity index (χ2n) is 4.98. The van der Waals surface area contributed by atoms with E-state index in [1.54, 1.807) is 25.1 Å². The van der Waals surface area contributed by atoms with Crippen molar-refractivity contribution in [3.05, 3.63) is 34.3 Å². The summed E-state index contributed by atoms with van der Waals surface area (Å²) in [5.41, 5.74) is 0.522. The Labute approximate surface area is 162 Å². The van der Waals surface area contributed by atoms with Gasteiger partial charge in [-0.3, -0.25) is 14.9 Å². The summed E-state index contributed by atoms with van der Waals surface area (Å²) in [5.74, 6) is -0.506. The first-order valence-corrected chi connectivity index (χ1v) is 10.3. The number of rotatable bonds is 8. The van der Waals surface area contributed by atoms with Gasteiger partial charge in [0.1, 0.15) is 5.25 Å². The van der Waals surface area contributed by atoms with Gasteiger partial charge in [-0.2, -0.15) is 0 Å². The number of carbonyl (C=O) groups excluding carboxylic acids is 2. The lowest BCUT2D eigenvalue weighted by molar-refractivity contribution is -0.142. The van der Waals surface area contributed by atoms with Crippen LogP contribution in [0.1, 0.15) is 37.0 Å². The van der Waals surface area contributed by atoms with Crippen LogP contribution < -0.4 is 5.32 Å². The summed E-state index contributed by atoms with van der Waals surface area (Å²) in [7, 11) is 0. The lowest BCUT2D eigenvalue weighted by Crippen LogP contribution is -2.20. The molecule has 0 saturated heterocycles. The third kappa shape index (κ3) is 6.09. The molecule has 0 saturated carbocycles. The quantitative estimate of drug-likeness (QED) is 0.370. The molecular weight excluding hydrogens is 426 g/mol. The molecule has 0 bridgehead atoms. The van der Waals surface area contributed by atoms with Crippen LogP contribution >= 0.6 is 39.0 Å². The van der Waals surface area contributed by atoms with Crippen LogP contribution in [-0.4, -0.2) is 33.9 Å². The standard InChI is InChI=1S/C16H18BrN3O3S2/c1-3-6-12(14(22)23-4-2)24-16-20-19-15(25-16)18-13(21)10-7-5-8-11(17)9-10/h5,7-9,12H,3-4,6H2,1-2H3,(H,18,19,21)/t12-/m1/s1. The van der Waals surface area contributed by atoms with Gasteiger partial charge in [-0.05, 0) is 31.5 Å². The number of ether oxygens (including phenoxy) is 1. The van der Waals surface area contributed by atoms with Crippen molar-refractivity contribution in [3.63, 3.8) is 0 Å². The number of aromatic nitrogens is 2. The van der Waals surface area contributed by atoms with Crippen LogP contribution in [0.5, 0.6) is 0 Å². The van der Waals surface area contributed by atoms with E-state index in [-0.39, 0.29) is 17.1 Å². The second-order valence-corrected chi connectivity index (χ2v) is 8.33. The van der Waals surface area contributed by atoms with Crippen molar-refractivity contribution in [2.45, 2.75) is 36.3 Å². The molecular formula is C16H18BrN3O3S2. The van der Waals surface area contributed by atoms with Crippen molar-refractivity contribution in [1.29, 1.82) is 0 Å². The van der Waals surface area contributed by atoms with Crippen LogP contribution in [0.2, 0.25) is 0 Å². The molecule has 2 aromatic rings. The Morgan fingerprint density at radius 2 is 2.16 bits per heavy atom. The fraction of sp³-hybridized carbons (Fsp3) is 0.375. The maximum Gasteiger partial charge on any atom is 0.319 e. The number of halogens is 1. The molecule has 0 unspecified atom stereocenters. The number of carbonyl (C=O) groups is 2. The first kappa shape index (κ1) is 19.9. The Balaban J connectivity index is 2.01. The van der Waals surface area contributed by atoms with E-state index in [2.05, 4.69) is 31.4 Å². The molecule has 1 aromatic carbocycles. The number of thioether (sulfide) groups is 1. The zero-order chi connectivity index (χ0) is 18.2. The zero-order valence-electron chi connectivity index (χ0n) is 13.8. The van der Waals surface area contributed by atoms with Gasteiger partial charge in [0.25, 0.3) is 5.91 Å². The molecule has 0 aliphatic rings. The van der Waals surface area contributed by atoms with E-state index >= 15 is 0 Å². The maximum absolute atomic E-state index is 12.2. The Hall–Kier alpha value is -1.45. The minimum absolute atomic E-state index is 0.246. The van der Waals surface area contributed by atoms with Gasteiger partial charge in [0.15, 0.2) is 4.34 Å². The normalized spacial score (nSPS) is 11.8. The molecule has 9 heteroatoms. The summed E-state index contributed by atoms with van der Waals surface area (Å²) < 4.78 is 6.54. The van der Waals surface area contributed by atoms with Crippen LogP contribution in [0.3, 0.4) is 0 Å². The van der Waals surface area contributed by atoms with E-state index in [0.717, 1.165) is 10.9 Å². The molecule has 0 fully saturated rings. The molecule has 0 radical (unpaired) electrons. The number of benzene rings is 1. The van der Waals surface area contributed by atoms with Gasteiger partial charge < -0.3 is 4.74 Å². The summed E-state index contributed by atoms with van der Waals surface area (Å²) in [5, 5.41) is 10.8. The van der Waals surface area contributed by atoms with Crippen molar-refractivity contribution in [2.75, 3.05) is 11.9 Å². The topological polar surface area (TPSA) is 81.2 Å². The summed E-state index contributed by atoms with van der Waals surface area (Å²) >= 11 is 5.89. The van der Waals surface area contributed by atoms with Crippen molar-refractivity contribution in [1.82, 2.24) is 10.2 Å². The van der Waals surface area contributed by atoms with Gasteiger partial charge in [-0.25, -0.2) is 0 Å². The van der Waals surface area contributed by atoms with E-state index in [1.807, 2.05) is 13.0 Å². The van der Waals surface area contributed by atoms with Gasteiger partial charge in [-0.15, -0.1) is 10.2 Å². The molecule has 1 amide bonds. The number of anilines is 1. The van der Waals surface area contributed by atoms with Crippen molar-refractivity contribution >= 4 is 56.0 Å². The fourth-order valence-corrected chi connectivity index (χ4v) is 4.45. The molecule has 2 rings (SSSR count). The number of amides is 1. The summed E-state index contributed by atoms with van der Waals surface area (Å²) in [6.07, 6.45) is 1.56. The van der Waals surface area contributed by atoms with Crippen molar-refractivity contribution in [2.24, 2.45) is 0 Å². The highest BCUT2D eigenvalue weighted by molar-refractivity contribution is 9.10. The van der Waals surface area contributed by atoms with Gasteiger partial charge >= 0.3 is 5.97 Å². The van der Waals surface area contributed by atoms with Crippen molar-refractivity contribution < 1.29 is 14.3 Å². The van der Waals surface area contributed by atoms with E-state index in [4.69, 9.17) is 4.74 Å². The number of esters is 1. The number of hydrogen-bond donors (Lipinski definition) is 1. The van der Waals surface area contributed by atoms with Crippen LogP contribution in [0.4, 0.5) is 5.13 Å². The molecule has 6 nitrogen and oxygen atoms in total. The molecule has 1 aromatic heterocycles. The lowest BCUT2D eigenvalue weighted by Gasteiger charge is -2.11. The molecule has 1 heterocycles. The highest BCUT2D eigenvalue weighted by Gasteiger charge is 2.22. The lowest BCUT2D eigenvalue weighted by atomic mass is 10.2. The molecule has 25 heavy (non-hydrogen) atoms. The summed E-state index contributed by atoms with van der Waals surface area (Å²) in [6.45, 7) is 4.15. The fourth-order valence-electron chi connectivity index (χ4n) is 1.95. The first-order chi connectivity index (χ1) is 12.0. The molecule has 1 N–H and O–H groups in total. The van der Waals surface area contributed by atoms with E-state index in [1.165, 1.54) is 23.1 Å². The molecule has 134 valence electrons. The van der Waals surface area contributed by atoms with Gasteiger partial charge in [0, 0.05) is 10.0 Å². The second kappa shape index (κ2) is 9.88. The highest BCUT2D eigenvalue weighted by Crippen LogP contribution is 2.31. The van der Waals surface area contributed by atoms with Crippen LogP contribution in [0.25, 0.3) is 0 Å². The third-order valence-electron chi connectivity index (χ3n) is 3.06. The van der Waals surface area contributed by atoms with E-state index < -0.39 is 0 Å². The summed E-state index contributed by atoms with van der Waals surface area (Å²) in [6, 6.07) is 7.08. The Morgan fingerprint density at radius 3 is 2.84 bits per heavy atom. The average molecular weight is 444 g/mol. The monoisotopic (exact) mass is 443 g/mol. The summed E-state index contributed by atoms with van der Waals surface area (Å²) in [4.78, 5) is 24.2. The minimum atomic E-state index is -0.313. The minimum Gasteiger partial charge on any atom is -0.465 e. The van der Waals surface area contributed by atoms with Crippen molar-refractivity contribution in [3.8, 4) is 0 Å². The predicted molar refractivity (Wildman–Crippen MR) is 103 cm³/mol. The van der Waals surface area contributed by atoms with E-state index in [9.17, 15) is 9.59 Å². The van der Waals surface area contributed by atoms with Crippen LogP contribution in [-0.2, 0) is 9.53 Å². The molecule has 0 aliphatic carbocycles. The van der Waals surface area contributed by atoms with E-state index in [0.29, 0.717) is 28.1 Å². The largest absolute Gasteiger partial charge is 0.465 e. The Bertz CT molecular complexity index is 739. The molecule has 0 aliphatic heterocycles. The average Bonchev–Trinajstić information content (AvgIpc) is 3.01. The van der Waals surface area contributed by atoms with Gasteiger partial charge in [0.2, 0.25) is 5.13 Å². The first-order valence-electron chi connectivity index (χ1n) is 7.77. The Morgan fingerprint density at radius 1 is 1.36 bits per heavy atom. The third-order valence-corrected chi connectivity index (χ3v) is 5.72.